The Morgan fingerprint density at radius 2 is 1.04 bits per heavy atom. The van der Waals surface area contributed by atoms with Gasteiger partial charge in [0.15, 0.2) is 28.4 Å². The number of benzene rings is 2. The average Bonchev–Trinajstić information content (AvgIpc) is 2.74. The van der Waals surface area contributed by atoms with Crippen LogP contribution in [0.2, 0.25) is 0 Å². The third-order valence-electron chi connectivity index (χ3n) is 4.54. The summed E-state index contributed by atoms with van der Waals surface area (Å²) in [7, 11) is 8.18. The fraction of sp³-hybridized carbons (Fsp3) is 0.227. The number of nitrogens with zero attached hydrogens (tertiary/aromatic N) is 1. The van der Waals surface area contributed by atoms with Gasteiger partial charge in [-0.25, -0.2) is 0 Å². The molecule has 1 heterocycles. The van der Waals surface area contributed by atoms with E-state index < -0.39 is 0 Å². The average molecular weight is 381 g/mol. The van der Waals surface area contributed by atoms with E-state index in [1.54, 1.807) is 65.1 Å². The fourth-order valence-electron chi connectivity index (χ4n) is 3.13. The SMILES string of the molecule is COc1ccc(-c2cn(C)cc(-c3ccc(OC)c(OC)c3)c2=O)cc1OC. The van der Waals surface area contributed by atoms with Crippen molar-refractivity contribution in [1.29, 1.82) is 0 Å². The zero-order valence-corrected chi connectivity index (χ0v) is 16.6. The minimum absolute atomic E-state index is 0.0856. The first-order valence-electron chi connectivity index (χ1n) is 8.67. The highest BCUT2D eigenvalue weighted by atomic mass is 16.5. The van der Waals surface area contributed by atoms with E-state index in [1.165, 1.54) is 0 Å². The van der Waals surface area contributed by atoms with Gasteiger partial charge in [0, 0.05) is 30.6 Å². The van der Waals surface area contributed by atoms with Crippen molar-refractivity contribution in [2.45, 2.75) is 0 Å². The molecule has 0 saturated heterocycles. The van der Waals surface area contributed by atoms with Gasteiger partial charge in [0.1, 0.15) is 0 Å². The first-order valence-corrected chi connectivity index (χ1v) is 8.67. The molecule has 0 spiro atoms. The van der Waals surface area contributed by atoms with Gasteiger partial charge < -0.3 is 23.5 Å². The molecule has 146 valence electrons. The van der Waals surface area contributed by atoms with Gasteiger partial charge in [-0.3, -0.25) is 4.79 Å². The Hall–Kier alpha value is -3.41. The molecule has 0 fully saturated rings. The largest absolute Gasteiger partial charge is 0.493 e. The minimum Gasteiger partial charge on any atom is -0.493 e. The molecular weight excluding hydrogens is 358 g/mol. The van der Waals surface area contributed by atoms with Crippen LogP contribution in [-0.4, -0.2) is 33.0 Å². The molecule has 28 heavy (non-hydrogen) atoms. The van der Waals surface area contributed by atoms with Gasteiger partial charge >= 0.3 is 0 Å². The van der Waals surface area contributed by atoms with Gasteiger partial charge in [0.05, 0.1) is 28.4 Å². The topological polar surface area (TPSA) is 58.9 Å². The highest BCUT2D eigenvalue weighted by Gasteiger charge is 2.15. The number of rotatable bonds is 6. The quantitative estimate of drug-likeness (QED) is 0.651. The third-order valence-corrected chi connectivity index (χ3v) is 4.54. The van der Waals surface area contributed by atoms with E-state index in [4.69, 9.17) is 18.9 Å². The highest BCUT2D eigenvalue weighted by molar-refractivity contribution is 5.74. The van der Waals surface area contributed by atoms with E-state index in [-0.39, 0.29) is 5.43 Å². The Balaban J connectivity index is 2.18. The molecule has 0 aliphatic carbocycles. The molecule has 6 nitrogen and oxygen atoms in total. The summed E-state index contributed by atoms with van der Waals surface area (Å²) in [6.07, 6.45) is 3.60. The predicted molar refractivity (Wildman–Crippen MR) is 109 cm³/mol. The van der Waals surface area contributed by atoms with E-state index in [1.807, 2.05) is 23.7 Å². The lowest BCUT2D eigenvalue weighted by molar-refractivity contribution is 0.355. The van der Waals surface area contributed by atoms with Crippen LogP contribution in [0.3, 0.4) is 0 Å². The second kappa shape index (κ2) is 8.08. The van der Waals surface area contributed by atoms with Gasteiger partial charge in [0.25, 0.3) is 0 Å². The lowest BCUT2D eigenvalue weighted by Gasteiger charge is -2.13. The van der Waals surface area contributed by atoms with Gasteiger partial charge in [-0.1, -0.05) is 12.1 Å². The fourth-order valence-corrected chi connectivity index (χ4v) is 3.13. The standard InChI is InChI=1S/C22H23NO5/c1-23-12-16(14-6-8-18(25-2)20(10-14)27-4)22(24)17(13-23)15-7-9-19(26-3)21(11-15)28-5/h6-13H,1-5H3. The summed E-state index contributed by atoms with van der Waals surface area (Å²) in [6.45, 7) is 0. The normalized spacial score (nSPS) is 10.5. The first-order chi connectivity index (χ1) is 13.5. The number of methoxy groups -OCH3 is 4. The number of pyridine rings is 1. The van der Waals surface area contributed by atoms with Crippen LogP contribution in [0.1, 0.15) is 0 Å². The molecule has 3 rings (SSSR count). The Kier molecular flexibility index (Phi) is 5.59. The van der Waals surface area contributed by atoms with Crippen LogP contribution in [-0.2, 0) is 7.05 Å². The molecule has 6 heteroatoms. The molecule has 0 bridgehead atoms. The van der Waals surface area contributed by atoms with Crippen molar-refractivity contribution in [3.63, 3.8) is 0 Å². The van der Waals surface area contributed by atoms with E-state index >= 15 is 0 Å². The lowest BCUT2D eigenvalue weighted by Crippen LogP contribution is -2.12. The van der Waals surface area contributed by atoms with Crippen molar-refractivity contribution in [3.05, 3.63) is 59.0 Å². The summed E-state index contributed by atoms with van der Waals surface area (Å²) in [6, 6.07) is 10.9. The van der Waals surface area contributed by atoms with Crippen LogP contribution in [0, 0.1) is 0 Å². The van der Waals surface area contributed by atoms with Gasteiger partial charge in [-0.05, 0) is 35.4 Å². The maximum Gasteiger partial charge on any atom is 0.197 e. The van der Waals surface area contributed by atoms with Crippen LogP contribution in [0.5, 0.6) is 23.0 Å². The third kappa shape index (κ3) is 3.53. The Bertz CT molecular complexity index is 976. The molecular formula is C22H23NO5. The summed E-state index contributed by atoms with van der Waals surface area (Å²) in [5.74, 6) is 2.36. The van der Waals surface area contributed by atoms with E-state index in [0.29, 0.717) is 34.1 Å². The van der Waals surface area contributed by atoms with Gasteiger partial charge in [-0.15, -0.1) is 0 Å². The zero-order valence-electron chi connectivity index (χ0n) is 16.6. The summed E-state index contributed by atoms with van der Waals surface area (Å²) >= 11 is 0. The second-order valence-electron chi connectivity index (χ2n) is 6.22. The summed E-state index contributed by atoms with van der Waals surface area (Å²) in [5.41, 5.74) is 2.55. The smallest absolute Gasteiger partial charge is 0.197 e. The van der Waals surface area contributed by atoms with Gasteiger partial charge in [-0.2, -0.15) is 0 Å². The van der Waals surface area contributed by atoms with E-state index in [2.05, 4.69) is 0 Å². The number of aryl methyl sites for hydroxylation is 1. The molecule has 0 unspecified atom stereocenters. The maximum absolute atomic E-state index is 13.3. The van der Waals surface area contributed by atoms with E-state index in [9.17, 15) is 4.79 Å². The summed E-state index contributed by atoms with van der Waals surface area (Å²) in [4.78, 5) is 13.3. The predicted octanol–water partition coefficient (Wildman–Crippen LogP) is 3.75. The van der Waals surface area contributed by atoms with Crippen LogP contribution in [0.4, 0.5) is 0 Å². The Labute approximate surface area is 163 Å². The van der Waals surface area contributed by atoms with Crippen molar-refractivity contribution in [3.8, 4) is 45.3 Å². The van der Waals surface area contributed by atoms with Crippen molar-refractivity contribution < 1.29 is 18.9 Å². The molecule has 0 saturated carbocycles. The molecule has 0 aliphatic rings. The van der Waals surface area contributed by atoms with Crippen molar-refractivity contribution >= 4 is 0 Å². The number of aromatic nitrogens is 1. The molecule has 0 amide bonds. The maximum atomic E-state index is 13.3. The van der Waals surface area contributed by atoms with Crippen molar-refractivity contribution in [2.75, 3.05) is 28.4 Å². The Morgan fingerprint density at radius 3 is 1.39 bits per heavy atom. The van der Waals surface area contributed by atoms with Crippen molar-refractivity contribution in [1.82, 2.24) is 4.57 Å². The van der Waals surface area contributed by atoms with Crippen molar-refractivity contribution in [2.24, 2.45) is 7.05 Å². The zero-order chi connectivity index (χ0) is 20.3. The van der Waals surface area contributed by atoms with Crippen LogP contribution < -0.4 is 24.4 Å². The van der Waals surface area contributed by atoms with E-state index in [0.717, 1.165) is 11.1 Å². The molecule has 0 aliphatic heterocycles. The first kappa shape index (κ1) is 19.4. The monoisotopic (exact) mass is 381 g/mol. The molecule has 0 N–H and O–H groups in total. The molecule has 1 aromatic heterocycles. The number of hydrogen-bond acceptors (Lipinski definition) is 5. The summed E-state index contributed by atoms with van der Waals surface area (Å²) in [5, 5.41) is 0. The van der Waals surface area contributed by atoms with Crippen LogP contribution in [0.15, 0.2) is 53.6 Å². The van der Waals surface area contributed by atoms with Crippen LogP contribution >= 0.6 is 0 Å². The molecule has 3 aromatic rings. The number of hydrogen-bond donors (Lipinski definition) is 0. The lowest BCUT2D eigenvalue weighted by atomic mass is 10.00. The highest BCUT2D eigenvalue weighted by Crippen LogP contribution is 2.34. The minimum atomic E-state index is -0.0856. The molecule has 0 atom stereocenters. The van der Waals surface area contributed by atoms with Gasteiger partial charge in [0.2, 0.25) is 0 Å². The molecule has 2 aromatic carbocycles. The molecule has 0 radical (unpaired) electrons. The van der Waals surface area contributed by atoms with Crippen LogP contribution in [0.25, 0.3) is 22.3 Å². The second-order valence-corrected chi connectivity index (χ2v) is 6.22. The summed E-state index contributed by atoms with van der Waals surface area (Å²) < 4.78 is 23.2. The number of ether oxygens (including phenoxy) is 4. The Morgan fingerprint density at radius 1 is 0.643 bits per heavy atom.